The number of nitrogens with zero attached hydrogens (tertiary/aromatic N) is 1. The molecule has 0 spiro atoms. The minimum absolute atomic E-state index is 0.0132. The van der Waals surface area contributed by atoms with Crippen molar-refractivity contribution in [3.05, 3.63) is 0 Å². The predicted octanol–water partition coefficient (Wildman–Crippen LogP) is 2.45. The molecular weight excluding hydrogens is 216 g/mol. The fourth-order valence-corrected chi connectivity index (χ4v) is 2.04. The predicted molar refractivity (Wildman–Crippen MR) is 68.8 cm³/mol. The molecule has 4 nitrogen and oxygen atoms in total. The van der Waals surface area contributed by atoms with Crippen LogP contribution in [0.25, 0.3) is 0 Å². The van der Waals surface area contributed by atoms with Crippen LogP contribution in [-0.2, 0) is 4.74 Å². The Balaban J connectivity index is 2.45. The van der Waals surface area contributed by atoms with Crippen LogP contribution in [0, 0.1) is 11.8 Å². The summed E-state index contributed by atoms with van der Waals surface area (Å²) in [5.41, 5.74) is 0. The van der Waals surface area contributed by atoms with E-state index < -0.39 is 0 Å². The van der Waals surface area contributed by atoms with Crippen LogP contribution in [0.1, 0.15) is 40.5 Å². The van der Waals surface area contributed by atoms with E-state index in [4.69, 9.17) is 4.74 Å². The summed E-state index contributed by atoms with van der Waals surface area (Å²) in [6, 6.07) is 0.0132. The molecule has 2 amide bonds. The summed E-state index contributed by atoms with van der Waals surface area (Å²) in [5.74, 6) is 0.980. The van der Waals surface area contributed by atoms with Crippen LogP contribution in [0.4, 0.5) is 4.79 Å². The molecule has 0 aromatic carbocycles. The highest BCUT2D eigenvalue weighted by atomic mass is 16.5. The van der Waals surface area contributed by atoms with E-state index in [9.17, 15) is 4.79 Å². The number of rotatable bonds is 5. The lowest BCUT2D eigenvalue weighted by Gasteiger charge is -2.27. The molecular formula is C13H26N2O2. The molecule has 0 aromatic rings. The Morgan fingerprint density at radius 1 is 1.29 bits per heavy atom. The molecule has 1 heterocycles. The van der Waals surface area contributed by atoms with Gasteiger partial charge in [0.15, 0.2) is 0 Å². The Bertz CT molecular complexity index is 226. The number of ether oxygens (including phenoxy) is 1. The number of carbonyl (C=O) groups excluding carboxylic acids is 1. The maximum Gasteiger partial charge on any atom is 0.319 e. The van der Waals surface area contributed by atoms with Crippen LogP contribution in [-0.4, -0.2) is 36.9 Å². The van der Waals surface area contributed by atoms with Gasteiger partial charge in [0.2, 0.25) is 0 Å². The van der Waals surface area contributed by atoms with E-state index >= 15 is 0 Å². The molecule has 1 saturated heterocycles. The minimum Gasteiger partial charge on any atom is -0.358 e. The first-order valence-electron chi connectivity index (χ1n) is 6.66. The third-order valence-electron chi connectivity index (χ3n) is 2.67. The maximum absolute atomic E-state index is 12.1. The largest absolute Gasteiger partial charge is 0.358 e. The molecule has 100 valence electrons. The van der Waals surface area contributed by atoms with Crippen LogP contribution in [0.3, 0.4) is 0 Å². The molecule has 0 aromatic heterocycles. The lowest BCUT2D eigenvalue weighted by atomic mass is 10.1. The molecule has 1 N–H and O–H groups in total. The van der Waals surface area contributed by atoms with Crippen LogP contribution < -0.4 is 5.32 Å². The van der Waals surface area contributed by atoms with Gasteiger partial charge in [0.05, 0.1) is 0 Å². The lowest BCUT2D eigenvalue weighted by molar-refractivity contribution is 0.0816. The molecule has 1 atom stereocenters. The summed E-state index contributed by atoms with van der Waals surface area (Å²) in [5, 5.41) is 2.95. The van der Waals surface area contributed by atoms with Crippen molar-refractivity contribution in [2.24, 2.45) is 11.8 Å². The maximum atomic E-state index is 12.1. The highest BCUT2D eigenvalue weighted by Crippen LogP contribution is 2.10. The smallest absolute Gasteiger partial charge is 0.319 e. The van der Waals surface area contributed by atoms with E-state index in [-0.39, 0.29) is 12.3 Å². The Labute approximate surface area is 105 Å². The Hall–Kier alpha value is -0.770. The molecule has 1 aliphatic heterocycles. The molecule has 0 radical (unpaired) electrons. The fourth-order valence-electron chi connectivity index (χ4n) is 2.04. The van der Waals surface area contributed by atoms with E-state index in [1.165, 1.54) is 0 Å². The van der Waals surface area contributed by atoms with Crippen LogP contribution in [0.15, 0.2) is 0 Å². The van der Waals surface area contributed by atoms with Gasteiger partial charge in [-0.15, -0.1) is 0 Å². The van der Waals surface area contributed by atoms with Crippen LogP contribution >= 0.6 is 0 Å². The van der Waals surface area contributed by atoms with E-state index in [2.05, 4.69) is 33.0 Å². The van der Waals surface area contributed by atoms with Crippen molar-refractivity contribution in [1.82, 2.24) is 10.2 Å². The van der Waals surface area contributed by atoms with Gasteiger partial charge in [-0.05, 0) is 24.7 Å². The molecule has 1 fully saturated rings. The van der Waals surface area contributed by atoms with E-state index in [1.54, 1.807) is 0 Å². The number of nitrogens with one attached hydrogen (secondary N) is 1. The highest BCUT2D eigenvalue weighted by Gasteiger charge is 2.22. The van der Waals surface area contributed by atoms with Gasteiger partial charge in [-0.2, -0.15) is 0 Å². The number of hydrogen-bond donors (Lipinski definition) is 1. The summed E-state index contributed by atoms with van der Waals surface area (Å²) >= 11 is 0. The second-order valence-corrected chi connectivity index (χ2v) is 5.64. The molecule has 0 bridgehead atoms. The average Bonchev–Trinajstić information content (AvgIpc) is 2.67. The highest BCUT2D eigenvalue weighted by molar-refractivity contribution is 5.74. The van der Waals surface area contributed by atoms with Crippen LogP contribution in [0.2, 0.25) is 0 Å². The Morgan fingerprint density at radius 3 is 2.29 bits per heavy atom. The van der Waals surface area contributed by atoms with Crippen molar-refractivity contribution in [2.75, 3.05) is 19.7 Å². The standard InChI is InChI=1S/C13H26N2O2/c1-10(2)8-15(9-11(3)4)13(16)14-12-6-5-7-17-12/h10-12H,5-9H2,1-4H3,(H,14,16). The minimum atomic E-state index is -0.0793. The molecule has 17 heavy (non-hydrogen) atoms. The van der Waals surface area contributed by atoms with Gasteiger partial charge in [-0.3, -0.25) is 0 Å². The monoisotopic (exact) mass is 242 g/mol. The van der Waals surface area contributed by atoms with Gasteiger partial charge in [0.25, 0.3) is 0 Å². The zero-order valence-corrected chi connectivity index (χ0v) is 11.5. The topological polar surface area (TPSA) is 41.6 Å². The van der Waals surface area contributed by atoms with Crippen LogP contribution in [0.5, 0.6) is 0 Å². The van der Waals surface area contributed by atoms with Gasteiger partial charge in [-0.1, -0.05) is 27.7 Å². The summed E-state index contributed by atoms with van der Waals surface area (Å²) in [6.07, 6.45) is 1.90. The van der Waals surface area contributed by atoms with Crippen molar-refractivity contribution >= 4 is 6.03 Å². The van der Waals surface area contributed by atoms with Gasteiger partial charge >= 0.3 is 6.03 Å². The van der Waals surface area contributed by atoms with Crippen molar-refractivity contribution in [2.45, 2.75) is 46.8 Å². The van der Waals surface area contributed by atoms with Gasteiger partial charge in [0.1, 0.15) is 6.23 Å². The van der Waals surface area contributed by atoms with E-state index in [1.807, 2.05) is 4.90 Å². The zero-order chi connectivity index (χ0) is 12.8. The first-order chi connectivity index (χ1) is 7.99. The number of hydrogen-bond acceptors (Lipinski definition) is 2. The number of carbonyl (C=O) groups is 1. The quantitative estimate of drug-likeness (QED) is 0.804. The normalized spacial score (nSPS) is 20.0. The molecule has 1 aliphatic rings. The molecule has 1 rings (SSSR count). The SMILES string of the molecule is CC(C)CN(CC(C)C)C(=O)NC1CCCO1. The lowest BCUT2D eigenvalue weighted by Crippen LogP contribution is -2.47. The first-order valence-corrected chi connectivity index (χ1v) is 6.66. The van der Waals surface area contributed by atoms with Gasteiger partial charge < -0.3 is 15.0 Å². The molecule has 1 unspecified atom stereocenters. The van der Waals surface area contributed by atoms with E-state index in [0.717, 1.165) is 32.5 Å². The van der Waals surface area contributed by atoms with E-state index in [0.29, 0.717) is 11.8 Å². The molecule has 0 saturated carbocycles. The first kappa shape index (κ1) is 14.3. The summed E-state index contributed by atoms with van der Waals surface area (Å²) in [6.45, 7) is 10.9. The average molecular weight is 242 g/mol. The molecule has 0 aliphatic carbocycles. The number of urea groups is 1. The third kappa shape index (κ3) is 5.39. The van der Waals surface area contributed by atoms with Crippen molar-refractivity contribution in [1.29, 1.82) is 0 Å². The summed E-state index contributed by atoms with van der Waals surface area (Å²) < 4.78 is 5.43. The fraction of sp³-hybridized carbons (Fsp3) is 0.923. The number of amides is 2. The summed E-state index contributed by atoms with van der Waals surface area (Å²) in [4.78, 5) is 14.0. The van der Waals surface area contributed by atoms with Crippen molar-refractivity contribution in [3.63, 3.8) is 0 Å². The van der Waals surface area contributed by atoms with Crippen molar-refractivity contribution < 1.29 is 9.53 Å². The van der Waals surface area contributed by atoms with Gasteiger partial charge in [-0.25, -0.2) is 4.79 Å². The third-order valence-corrected chi connectivity index (χ3v) is 2.67. The van der Waals surface area contributed by atoms with Crippen molar-refractivity contribution in [3.8, 4) is 0 Å². The van der Waals surface area contributed by atoms with Gasteiger partial charge in [0, 0.05) is 19.7 Å². The zero-order valence-electron chi connectivity index (χ0n) is 11.5. The summed E-state index contributed by atoms with van der Waals surface area (Å²) in [7, 11) is 0. The Morgan fingerprint density at radius 2 is 1.88 bits per heavy atom. The Kier molecular flexibility index (Phi) is 5.75. The molecule has 4 heteroatoms. The second-order valence-electron chi connectivity index (χ2n) is 5.64. The second kappa shape index (κ2) is 6.84.